The number of carboxylic acids is 1. The van der Waals surface area contributed by atoms with Gasteiger partial charge in [0, 0.05) is 22.2 Å². The fourth-order valence-electron chi connectivity index (χ4n) is 2.39. The minimum atomic E-state index is -0.821. The van der Waals surface area contributed by atoms with E-state index in [-0.39, 0.29) is 17.9 Å². The second kappa shape index (κ2) is 6.85. The highest BCUT2D eigenvalue weighted by molar-refractivity contribution is 9.10. The number of hydrogen-bond donors (Lipinski definition) is 2. The third kappa shape index (κ3) is 4.39. The van der Waals surface area contributed by atoms with Crippen LogP contribution in [0.5, 0.6) is 0 Å². The molecule has 2 rings (SSSR count). The predicted octanol–water partition coefficient (Wildman–Crippen LogP) is 2.97. The standard InChI is InChI=1S/C15H15BrFNO3/c16-11-3-5-13(17)9(7-11)2-6-14(19)18-12-4-1-10(8-12)15(20)21/h2-3,5-7,10,12H,1,4,8H2,(H,18,19)(H,20,21)/b6-2+/t10-,12+/m1/s1. The number of carbonyl (C=O) groups is 2. The molecule has 112 valence electrons. The highest BCUT2D eigenvalue weighted by Crippen LogP contribution is 2.25. The number of halogens is 2. The summed E-state index contributed by atoms with van der Waals surface area (Å²) in [6.45, 7) is 0. The Morgan fingerprint density at radius 1 is 1.38 bits per heavy atom. The van der Waals surface area contributed by atoms with Gasteiger partial charge in [0.1, 0.15) is 5.82 Å². The molecule has 1 aromatic rings. The lowest BCUT2D eigenvalue weighted by molar-refractivity contribution is -0.141. The van der Waals surface area contributed by atoms with E-state index in [0.29, 0.717) is 24.8 Å². The Morgan fingerprint density at radius 2 is 2.14 bits per heavy atom. The van der Waals surface area contributed by atoms with Gasteiger partial charge in [0.2, 0.25) is 5.91 Å². The summed E-state index contributed by atoms with van der Waals surface area (Å²) in [5.74, 6) is -1.96. The number of amides is 1. The lowest BCUT2D eigenvalue weighted by Gasteiger charge is -2.10. The van der Waals surface area contributed by atoms with Gasteiger partial charge in [-0.05, 0) is 43.5 Å². The van der Waals surface area contributed by atoms with Crippen molar-refractivity contribution in [2.24, 2.45) is 5.92 Å². The van der Waals surface area contributed by atoms with Gasteiger partial charge in [-0.3, -0.25) is 9.59 Å². The smallest absolute Gasteiger partial charge is 0.306 e. The number of hydrogen-bond acceptors (Lipinski definition) is 2. The molecule has 21 heavy (non-hydrogen) atoms. The maximum atomic E-state index is 13.5. The molecule has 0 spiro atoms. The van der Waals surface area contributed by atoms with Gasteiger partial charge in [-0.15, -0.1) is 0 Å². The van der Waals surface area contributed by atoms with Gasteiger partial charge < -0.3 is 10.4 Å². The molecule has 1 aliphatic rings. The maximum absolute atomic E-state index is 13.5. The van der Waals surface area contributed by atoms with E-state index in [9.17, 15) is 14.0 Å². The van der Waals surface area contributed by atoms with Gasteiger partial charge >= 0.3 is 5.97 Å². The second-order valence-electron chi connectivity index (χ2n) is 5.05. The Bertz CT molecular complexity index is 588. The quantitative estimate of drug-likeness (QED) is 0.816. The molecule has 1 fully saturated rings. The van der Waals surface area contributed by atoms with Crippen molar-refractivity contribution in [3.05, 3.63) is 40.1 Å². The number of benzene rings is 1. The molecular weight excluding hydrogens is 341 g/mol. The number of aliphatic carboxylic acids is 1. The molecule has 0 heterocycles. The van der Waals surface area contributed by atoms with Crippen molar-refractivity contribution in [3.63, 3.8) is 0 Å². The van der Waals surface area contributed by atoms with Crippen LogP contribution < -0.4 is 5.32 Å². The zero-order valence-corrected chi connectivity index (χ0v) is 12.8. The van der Waals surface area contributed by atoms with Crippen LogP contribution in [-0.4, -0.2) is 23.0 Å². The first-order valence-electron chi connectivity index (χ1n) is 6.62. The molecule has 0 aromatic heterocycles. The van der Waals surface area contributed by atoms with Crippen molar-refractivity contribution >= 4 is 33.9 Å². The Kier molecular flexibility index (Phi) is 5.12. The van der Waals surface area contributed by atoms with E-state index in [4.69, 9.17) is 5.11 Å². The molecule has 1 aliphatic carbocycles. The molecule has 1 saturated carbocycles. The van der Waals surface area contributed by atoms with Crippen LogP contribution in [0.1, 0.15) is 24.8 Å². The first kappa shape index (κ1) is 15.7. The Balaban J connectivity index is 1.91. The molecule has 0 saturated heterocycles. The molecule has 0 aliphatic heterocycles. The Morgan fingerprint density at radius 3 is 2.81 bits per heavy atom. The maximum Gasteiger partial charge on any atom is 0.306 e. The first-order chi connectivity index (χ1) is 9.95. The number of nitrogens with one attached hydrogen (secondary N) is 1. The number of rotatable bonds is 4. The van der Waals surface area contributed by atoms with Gasteiger partial charge in [-0.1, -0.05) is 15.9 Å². The van der Waals surface area contributed by atoms with E-state index in [1.54, 1.807) is 12.1 Å². The zero-order chi connectivity index (χ0) is 15.4. The molecular formula is C15H15BrFNO3. The summed E-state index contributed by atoms with van der Waals surface area (Å²) < 4.78 is 14.2. The van der Waals surface area contributed by atoms with Crippen molar-refractivity contribution in [1.29, 1.82) is 0 Å². The first-order valence-corrected chi connectivity index (χ1v) is 7.41. The predicted molar refractivity (Wildman–Crippen MR) is 80.0 cm³/mol. The number of carbonyl (C=O) groups excluding carboxylic acids is 1. The topological polar surface area (TPSA) is 66.4 Å². The SMILES string of the molecule is O=C(/C=C/c1cc(Br)ccc1F)N[C@H]1CC[C@@H](C(=O)O)C1. The fourth-order valence-corrected chi connectivity index (χ4v) is 2.77. The van der Waals surface area contributed by atoms with Crippen molar-refractivity contribution in [2.45, 2.75) is 25.3 Å². The summed E-state index contributed by atoms with van der Waals surface area (Å²) in [5, 5.41) is 11.6. The average Bonchev–Trinajstić information content (AvgIpc) is 2.88. The van der Waals surface area contributed by atoms with Gasteiger partial charge in [0.15, 0.2) is 0 Å². The summed E-state index contributed by atoms with van der Waals surface area (Å²) >= 11 is 3.24. The fraction of sp³-hybridized carbons (Fsp3) is 0.333. The van der Waals surface area contributed by atoms with Crippen LogP contribution in [-0.2, 0) is 9.59 Å². The van der Waals surface area contributed by atoms with Crippen LogP contribution in [0.2, 0.25) is 0 Å². The summed E-state index contributed by atoms with van der Waals surface area (Å²) in [6, 6.07) is 4.35. The largest absolute Gasteiger partial charge is 0.481 e. The van der Waals surface area contributed by atoms with Crippen LogP contribution in [0.3, 0.4) is 0 Å². The zero-order valence-electron chi connectivity index (χ0n) is 11.2. The van der Waals surface area contributed by atoms with Crippen molar-refractivity contribution < 1.29 is 19.1 Å². The Hall–Kier alpha value is -1.69. The summed E-state index contributed by atoms with van der Waals surface area (Å²) in [4.78, 5) is 22.6. The molecule has 0 bridgehead atoms. The van der Waals surface area contributed by atoms with Crippen molar-refractivity contribution in [3.8, 4) is 0 Å². The van der Waals surface area contributed by atoms with E-state index in [0.717, 1.165) is 4.47 Å². The van der Waals surface area contributed by atoms with Gasteiger partial charge in [-0.2, -0.15) is 0 Å². The summed E-state index contributed by atoms with van der Waals surface area (Å²) in [5.41, 5.74) is 0.314. The normalized spacial score (nSPS) is 21.6. The van der Waals surface area contributed by atoms with Gasteiger partial charge in [0.25, 0.3) is 0 Å². The monoisotopic (exact) mass is 355 g/mol. The lowest BCUT2D eigenvalue weighted by Crippen LogP contribution is -2.31. The summed E-state index contributed by atoms with van der Waals surface area (Å²) in [6.07, 6.45) is 4.34. The third-order valence-corrected chi connectivity index (χ3v) is 3.99. The molecule has 4 nitrogen and oxygen atoms in total. The van der Waals surface area contributed by atoms with Crippen LogP contribution in [0.25, 0.3) is 6.08 Å². The van der Waals surface area contributed by atoms with E-state index < -0.39 is 11.8 Å². The van der Waals surface area contributed by atoms with Crippen molar-refractivity contribution in [1.82, 2.24) is 5.32 Å². The minimum Gasteiger partial charge on any atom is -0.481 e. The highest BCUT2D eigenvalue weighted by atomic mass is 79.9. The molecule has 6 heteroatoms. The van der Waals surface area contributed by atoms with Crippen molar-refractivity contribution in [2.75, 3.05) is 0 Å². The summed E-state index contributed by atoms with van der Waals surface area (Å²) in [7, 11) is 0. The molecule has 1 aromatic carbocycles. The second-order valence-corrected chi connectivity index (χ2v) is 5.97. The van der Waals surface area contributed by atoms with Gasteiger partial charge in [-0.25, -0.2) is 4.39 Å². The highest BCUT2D eigenvalue weighted by Gasteiger charge is 2.30. The lowest BCUT2D eigenvalue weighted by atomic mass is 10.1. The number of carboxylic acid groups (broad SMARTS) is 1. The van der Waals surface area contributed by atoms with Crippen LogP contribution in [0, 0.1) is 11.7 Å². The van der Waals surface area contributed by atoms with E-state index in [1.165, 1.54) is 18.2 Å². The van der Waals surface area contributed by atoms with E-state index >= 15 is 0 Å². The molecule has 1 amide bonds. The average molecular weight is 356 g/mol. The molecule has 0 radical (unpaired) electrons. The van der Waals surface area contributed by atoms with Gasteiger partial charge in [0.05, 0.1) is 5.92 Å². The van der Waals surface area contributed by atoms with Crippen LogP contribution in [0.15, 0.2) is 28.7 Å². The third-order valence-electron chi connectivity index (χ3n) is 3.50. The molecule has 2 atom stereocenters. The molecule has 0 unspecified atom stereocenters. The minimum absolute atomic E-state index is 0.129. The van der Waals surface area contributed by atoms with Crippen LogP contribution in [0.4, 0.5) is 4.39 Å². The van der Waals surface area contributed by atoms with E-state index in [2.05, 4.69) is 21.2 Å². The molecule has 2 N–H and O–H groups in total. The van der Waals surface area contributed by atoms with Crippen LogP contribution >= 0.6 is 15.9 Å². The Labute approximate surface area is 130 Å². The van der Waals surface area contributed by atoms with E-state index in [1.807, 2.05) is 0 Å².